The lowest BCUT2D eigenvalue weighted by Gasteiger charge is -2.11. The summed E-state index contributed by atoms with van der Waals surface area (Å²) in [5, 5.41) is 10.8. The van der Waals surface area contributed by atoms with Gasteiger partial charge in [0, 0.05) is 12.1 Å². The Balaban J connectivity index is 2.36. The first-order chi connectivity index (χ1) is 9.92. The van der Waals surface area contributed by atoms with Crippen molar-refractivity contribution in [2.24, 2.45) is 5.73 Å². The van der Waals surface area contributed by atoms with Crippen LogP contribution in [0.2, 0.25) is 0 Å². The molecular weight excluding hydrogens is 275 g/mol. The number of rotatable bonds is 4. The van der Waals surface area contributed by atoms with Crippen molar-refractivity contribution in [2.45, 2.75) is 20.4 Å². The van der Waals surface area contributed by atoms with Crippen molar-refractivity contribution in [3.8, 4) is 11.5 Å². The van der Waals surface area contributed by atoms with E-state index in [1.807, 2.05) is 13.0 Å². The van der Waals surface area contributed by atoms with Crippen LogP contribution in [0.1, 0.15) is 16.7 Å². The summed E-state index contributed by atoms with van der Waals surface area (Å²) in [6.07, 6.45) is 0. The summed E-state index contributed by atoms with van der Waals surface area (Å²) in [6, 6.07) is 7.54. The van der Waals surface area contributed by atoms with E-state index >= 15 is 0 Å². The minimum absolute atomic E-state index is 0.0401. The highest BCUT2D eigenvalue weighted by molar-refractivity contribution is 5.47. The molecule has 0 heterocycles. The summed E-state index contributed by atoms with van der Waals surface area (Å²) < 4.78 is 19.4. The van der Waals surface area contributed by atoms with Gasteiger partial charge in [-0.05, 0) is 37.1 Å². The summed E-state index contributed by atoms with van der Waals surface area (Å²) in [5.41, 5.74) is 7.38. The molecule has 0 unspecified atom stereocenters. The fourth-order valence-electron chi connectivity index (χ4n) is 1.99. The van der Waals surface area contributed by atoms with E-state index < -0.39 is 10.7 Å². The second-order valence-electron chi connectivity index (χ2n) is 4.73. The summed E-state index contributed by atoms with van der Waals surface area (Å²) in [6.45, 7) is 3.77. The van der Waals surface area contributed by atoms with Gasteiger partial charge in [-0.25, -0.2) is 4.39 Å². The lowest BCUT2D eigenvalue weighted by molar-refractivity contribution is -0.385. The number of aryl methyl sites for hydroxylation is 2. The average molecular weight is 290 g/mol. The van der Waals surface area contributed by atoms with Crippen LogP contribution in [-0.4, -0.2) is 4.92 Å². The number of hydrogen-bond donors (Lipinski definition) is 1. The van der Waals surface area contributed by atoms with Crippen molar-refractivity contribution in [1.82, 2.24) is 0 Å². The maximum Gasteiger partial charge on any atom is 0.275 e. The van der Waals surface area contributed by atoms with Crippen LogP contribution in [0, 0.1) is 29.8 Å². The van der Waals surface area contributed by atoms with Crippen LogP contribution in [0.3, 0.4) is 0 Å². The molecule has 5 nitrogen and oxygen atoms in total. The van der Waals surface area contributed by atoms with E-state index in [2.05, 4.69) is 0 Å². The molecule has 21 heavy (non-hydrogen) atoms. The van der Waals surface area contributed by atoms with Crippen molar-refractivity contribution in [2.75, 3.05) is 0 Å². The molecule has 0 aliphatic carbocycles. The minimum Gasteiger partial charge on any atom is -0.454 e. The van der Waals surface area contributed by atoms with Crippen LogP contribution in [0.15, 0.2) is 30.3 Å². The first-order valence-electron chi connectivity index (χ1n) is 6.34. The van der Waals surface area contributed by atoms with Crippen LogP contribution < -0.4 is 10.5 Å². The molecule has 6 heteroatoms. The Morgan fingerprint density at radius 2 is 1.90 bits per heavy atom. The van der Waals surface area contributed by atoms with E-state index in [0.717, 1.165) is 17.2 Å². The second kappa shape index (κ2) is 5.88. The quantitative estimate of drug-likeness (QED) is 0.689. The van der Waals surface area contributed by atoms with Crippen molar-refractivity contribution in [3.05, 3.63) is 63.0 Å². The monoisotopic (exact) mass is 290 g/mol. The van der Waals surface area contributed by atoms with Gasteiger partial charge < -0.3 is 10.5 Å². The van der Waals surface area contributed by atoms with Crippen molar-refractivity contribution < 1.29 is 14.1 Å². The van der Waals surface area contributed by atoms with Crippen LogP contribution in [0.25, 0.3) is 0 Å². The van der Waals surface area contributed by atoms with Crippen molar-refractivity contribution >= 4 is 5.69 Å². The molecule has 2 aromatic carbocycles. The zero-order valence-electron chi connectivity index (χ0n) is 11.7. The Bertz CT molecular complexity index is 702. The molecule has 2 aromatic rings. The number of hydrogen-bond acceptors (Lipinski definition) is 4. The highest BCUT2D eigenvalue weighted by atomic mass is 19.1. The van der Waals surface area contributed by atoms with Gasteiger partial charge in [-0.2, -0.15) is 0 Å². The van der Waals surface area contributed by atoms with Gasteiger partial charge in [0.1, 0.15) is 5.75 Å². The molecule has 0 saturated carbocycles. The van der Waals surface area contributed by atoms with Gasteiger partial charge in [-0.3, -0.25) is 10.1 Å². The molecule has 0 aliphatic heterocycles. The van der Waals surface area contributed by atoms with Gasteiger partial charge in [0.15, 0.2) is 11.6 Å². The van der Waals surface area contributed by atoms with E-state index in [1.54, 1.807) is 12.1 Å². The Hall–Kier alpha value is -2.47. The minimum atomic E-state index is -0.769. The third-order valence-electron chi connectivity index (χ3n) is 3.14. The van der Waals surface area contributed by atoms with E-state index in [9.17, 15) is 14.5 Å². The topological polar surface area (TPSA) is 78.4 Å². The number of nitro benzene ring substituents is 1. The number of nitrogens with two attached hydrogens (primary N) is 1. The maximum absolute atomic E-state index is 13.9. The fourth-order valence-corrected chi connectivity index (χ4v) is 1.99. The van der Waals surface area contributed by atoms with Gasteiger partial charge in [0.2, 0.25) is 0 Å². The molecule has 2 rings (SSSR count). The number of ether oxygens (including phenoxy) is 1. The normalized spacial score (nSPS) is 10.5. The molecule has 0 aromatic heterocycles. The largest absolute Gasteiger partial charge is 0.454 e. The molecule has 0 atom stereocenters. The number of nitrogens with zero attached hydrogens (tertiary/aromatic N) is 1. The standard InChI is InChI=1S/C15H15FN2O3/c1-9-6-15(12(16)7-13(9)18(19)20)21-14-4-3-11(8-17)5-10(14)2/h3-7H,8,17H2,1-2H3. The van der Waals surface area contributed by atoms with Gasteiger partial charge in [0.05, 0.1) is 11.0 Å². The Kier molecular flexibility index (Phi) is 4.18. The Morgan fingerprint density at radius 1 is 1.19 bits per heavy atom. The van der Waals surface area contributed by atoms with Crippen LogP contribution >= 0.6 is 0 Å². The second-order valence-corrected chi connectivity index (χ2v) is 4.73. The zero-order chi connectivity index (χ0) is 15.6. The molecule has 0 bridgehead atoms. The molecule has 110 valence electrons. The third-order valence-corrected chi connectivity index (χ3v) is 3.14. The van der Waals surface area contributed by atoms with Crippen LogP contribution in [0.5, 0.6) is 11.5 Å². The smallest absolute Gasteiger partial charge is 0.275 e. The number of halogens is 1. The molecular formula is C15H15FN2O3. The molecule has 0 aliphatic rings. The van der Waals surface area contributed by atoms with Crippen LogP contribution in [0.4, 0.5) is 10.1 Å². The Labute approximate surface area is 121 Å². The average Bonchev–Trinajstić information content (AvgIpc) is 2.44. The first-order valence-corrected chi connectivity index (χ1v) is 6.34. The molecule has 2 N–H and O–H groups in total. The lowest BCUT2D eigenvalue weighted by atomic mass is 10.1. The molecule has 0 spiro atoms. The van der Waals surface area contributed by atoms with E-state index in [1.165, 1.54) is 13.0 Å². The number of nitro groups is 1. The molecule has 0 amide bonds. The van der Waals surface area contributed by atoms with Crippen molar-refractivity contribution in [3.63, 3.8) is 0 Å². The van der Waals surface area contributed by atoms with Gasteiger partial charge >= 0.3 is 0 Å². The summed E-state index contributed by atoms with van der Waals surface area (Å²) >= 11 is 0. The Morgan fingerprint density at radius 3 is 2.48 bits per heavy atom. The molecule has 0 saturated heterocycles. The predicted molar refractivity (Wildman–Crippen MR) is 76.9 cm³/mol. The maximum atomic E-state index is 13.9. The van der Waals surface area contributed by atoms with Gasteiger partial charge in [-0.15, -0.1) is 0 Å². The SMILES string of the molecule is Cc1cc(CN)ccc1Oc1cc(C)c([N+](=O)[O-])cc1F. The van der Waals surface area contributed by atoms with Crippen LogP contribution in [-0.2, 0) is 6.54 Å². The van der Waals surface area contributed by atoms with Crippen molar-refractivity contribution in [1.29, 1.82) is 0 Å². The summed E-state index contributed by atoms with van der Waals surface area (Å²) in [5.74, 6) is -0.323. The number of benzene rings is 2. The first kappa shape index (κ1) is 14.9. The third kappa shape index (κ3) is 3.17. The lowest BCUT2D eigenvalue weighted by Crippen LogP contribution is -1.99. The highest BCUT2D eigenvalue weighted by Gasteiger charge is 2.17. The van der Waals surface area contributed by atoms with E-state index in [4.69, 9.17) is 10.5 Å². The molecule has 0 fully saturated rings. The molecule has 0 radical (unpaired) electrons. The van der Waals surface area contributed by atoms with E-state index in [-0.39, 0.29) is 11.4 Å². The predicted octanol–water partition coefficient (Wildman–Crippen LogP) is 3.60. The van der Waals surface area contributed by atoms with Gasteiger partial charge in [-0.1, -0.05) is 12.1 Å². The van der Waals surface area contributed by atoms with E-state index in [0.29, 0.717) is 17.9 Å². The summed E-state index contributed by atoms with van der Waals surface area (Å²) in [4.78, 5) is 10.1. The fraction of sp³-hybridized carbons (Fsp3) is 0.200. The van der Waals surface area contributed by atoms with Gasteiger partial charge in [0.25, 0.3) is 5.69 Å². The summed E-state index contributed by atoms with van der Waals surface area (Å²) in [7, 11) is 0. The highest BCUT2D eigenvalue weighted by Crippen LogP contribution is 2.32. The zero-order valence-corrected chi connectivity index (χ0v) is 11.7.